The van der Waals surface area contributed by atoms with E-state index in [0.29, 0.717) is 75.7 Å². The standard InChI is InChI=1S/C28H40N6O5/c1-38-23-7-6-21-13-24(23)39-17-26(36)31-12-11-29-9-2-3-25(35)33-18-28(15-21,14-20-4-5-20)27(37)32-10-8-22-16-30-19-34-22/h6-7,13,16,19-20,29H,2-5,8-12,14-15,17-18H2,1H3,(H,30,34)(H,31,36)(H,32,37)(H,33,35). The van der Waals surface area contributed by atoms with Gasteiger partial charge in [-0.15, -0.1) is 0 Å². The molecule has 0 spiro atoms. The van der Waals surface area contributed by atoms with Crippen LogP contribution in [0.4, 0.5) is 0 Å². The number of ether oxygens (including phenoxy) is 2. The van der Waals surface area contributed by atoms with Gasteiger partial charge >= 0.3 is 0 Å². The molecule has 2 heterocycles. The third-order valence-electron chi connectivity index (χ3n) is 7.23. The average molecular weight is 541 g/mol. The fourth-order valence-corrected chi connectivity index (χ4v) is 4.93. The van der Waals surface area contributed by atoms with Gasteiger partial charge in [0.2, 0.25) is 11.8 Å². The molecule has 5 N–H and O–H groups in total. The first-order chi connectivity index (χ1) is 19.0. The maximum atomic E-state index is 13.9. The molecular weight excluding hydrogens is 500 g/mol. The predicted molar refractivity (Wildman–Crippen MR) is 145 cm³/mol. The number of fused-ring (bicyclic) bond motifs is 2. The minimum absolute atomic E-state index is 0.0737. The summed E-state index contributed by atoms with van der Waals surface area (Å²) in [5, 5.41) is 12.3. The van der Waals surface area contributed by atoms with Crippen molar-refractivity contribution in [2.45, 2.75) is 44.9 Å². The van der Waals surface area contributed by atoms with Gasteiger partial charge in [0.15, 0.2) is 18.1 Å². The summed E-state index contributed by atoms with van der Waals surface area (Å²) in [4.78, 5) is 46.1. The lowest BCUT2D eigenvalue weighted by Crippen LogP contribution is -2.50. The van der Waals surface area contributed by atoms with Crippen LogP contribution in [0.5, 0.6) is 11.5 Å². The van der Waals surface area contributed by atoms with Crippen molar-refractivity contribution in [3.05, 3.63) is 42.0 Å². The summed E-state index contributed by atoms with van der Waals surface area (Å²) in [6, 6.07) is 5.54. The van der Waals surface area contributed by atoms with Crippen molar-refractivity contribution in [2.24, 2.45) is 11.3 Å². The monoisotopic (exact) mass is 540 g/mol. The Morgan fingerprint density at radius 1 is 1.18 bits per heavy atom. The van der Waals surface area contributed by atoms with Crippen molar-refractivity contribution < 1.29 is 23.9 Å². The maximum Gasteiger partial charge on any atom is 0.257 e. The Labute approximate surface area is 229 Å². The van der Waals surface area contributed by atoms with Crippen molar-refractivity contribution in [3.8, 4) is 11.5 Å². The zero-order valence-electron chi connectivity index (χ0n) is 22.6. The molecule has 1 aliphatic heterocycles. The highest BCUT2D eigenvalue weighted by Crippen LogP contribution is 2.43. The molecule has 3 amide bonds. The summed E-state index contributed by atoms with van der Waals surface area (Å²) in [6.45, 7) is 2.27. The number of benzene rings is 1. The van der Waals surface area contributed by atoms with E-state index in [0.717, 1.165) is 24.1 Å². The third kappa shape index (κ3) is 8.71. The molecule has 1 fully saturated rings. The van der Waals surface area contributed by atoms with Crippen molar-refractivity contribution in [1.82, 2.24) is 31.2 Å². The molecule has 2 aromatic rings. The first-order valence-electron chi connectivity index (χ1n) is 13.8. The topological polar surface area (TPSA) is 146 Å². The zero-order valence-corrected chi connectivity index (χ0v) is 22.6. The molecule has 0 saturated heterocycles. The number of carbonyl (C=O) groups excluding carboxylic acids is 3. The molecule has 11 nitrogen and oxygen atoms in total. The molecule has 1 aliphatic carbocycles. The van der Waals surface area contributed by atoms with Crippen LogP contribution in [0.15, 0.2) is 30.7 Å². The van der Waals surface area contributed by atoms with Crippen LogP contribution >= 0.6 is 0 Å². The number of aromatic nitrogens is 2. The molecule has 4 rings (SSSR count). The number of nitrogens with one attached hydrogen (secondary N) is 5. The Hall–Kier alpha value is -3.60. The Morgan fingerprint density at radius 2 is 2.05 bits per heavy atom. The summed E-state index contributed by atoms with van der Waals surface area (Å²) in [6.07, 6.45) is 8.27. The molecular formula is C28H40N6O5. The Balaban J connectivity index is 1.59. The van der Waals surface area contributed by atoms with Gasteiger partial charge in [-0.2, -0.15) is 0 Å². The van der Waals surface area contributed by atoms with Gasteiger partial charge in [0.05, 0.1) is 18.9 Å². The van der Waals surface area contributed by atoms with Gasteiger partial charge in [0.25, 0.3) is 5.91 Å². The van der Waals surface area contributed by atoms with Gasteiger partial charge in [-0.3, -0.25) is 14.4 Å². The number of amides is 3. The van der Waals surface area contributed by atoms with Crippen molar-refractivity contribution in [2.75, 3.05) is 46.4 Å². The molecule has 1 unspecified atom stereocenters. The number of nitrogens with zero attached hydrogens (tertiary/aromatic N) is 1. The largest absolute Gasteiger partial charge is 0.493 e. The molecule has 11 heteroatoms. The van der Waals surface area contributed by atoms with E-state index in [4.69, 9.17) is 9.47 Å². The van der Waals surface area contributed by atoms with Gasteiger partial charge in [-0.1, -0.05) is 18.9 Å². The predicted octanol–water partition coefficient (Wildman–Crippen LogP) is 1.10. The molecule has 212 valence electrons. The van der Waals surface area contributed by atoms with Gasteiger partial charge in [-0.05, 0) is 49.4 Å². The normalized spacial score (nSPS) is 21.5. The van der Waals surface area contributed by atoms with Crippen molar-refractivity contribution >= 4 is 17.7 Å². The highest BCUT2D eigenvalue weighted by Gasteiger charge is 2.43. The highest BCUT2D eigenvalue weighted by molar-refractivity contribution is 5.85. The Bertz CT molecular complexity index is 1100. The lowest BCUT2D eigenvalue weighted by molar-refractivity contribution is -0.132. The van der Waals surface area contributed by atoms with Crippen molar-refractivity contribution in [1.29, 1.82) is 0 Å². The minimum atomic E-state index is -0.836. The number of carbonyl (C=O) groups is 3. The number of aromatic amines is 1. The van der Waals surface area contributed by atoms with Crippen LogP contribution < -0.4 is 30.7 Å². The number of rotatable bonds is 7. The molecule has 2 bridgehead atoms. The Kier molecular flexibility index (Phi) is 10.2. The maximum absolute atomic E-state index is 13.9. The number of H-pyrrole nitrogens is 1. The number of hydrogen-bond donors (Lipinski definition) is 5. The summed E-state index contributed by atoms with van der Waals surface area (Å²) in [5.74, 6) is 1.00. The van der Waals surface area contributed by atoms with Crippen LogP contribution in [0.2, 0.25) is 0 Å². The number of methoxy groups -OCH3 is 1. The van der Waals surface area contributed by atoms with E-state index in [9.17, 15) is 14.4 Å². The fraction of sp³-hybridized carbons (Fsp3) is 0.571. The second kappa shape index (κ2) is 14.0. The lowest BCUT2D eigenvalue weighted by Gasteiger charge is -2.33. The molecule has 1 saturated carbocycles. The number of imidazole rings is 1. The first-order valence-corrected chi connectivity index (χ1v) is 13.8. The summed E-state index contributed by atoms with van der Waals surface area (Å²) in [7, 11) is 1.55. The molecule has 0 radical (unpaired) electrons. The minimum Gasteiger partial charge on any atom is -0.493 e. The van der Waals surface area contributed by atoms with Crippen LogP contribution in [0, 0.1) is 11.3 Å². The van der Waals surface area contributed by atoms with E-state index in [1.807, 2.05) is 12.1 Å². The number of hydrogen-bond acceptors (Lipinski definition) is 7. The molecule has 39 heavy (non-hydrogen) atoms. The molecule has 2 aliphatic rings. The SMILES string of the molecule is COc1ccc2cc1OCC(=O)NCCNCCCC(=O)NCC(CC1CC1)(C(=O)NCCc1cnc[nH]1)C2. The highest BCUT2D eigenvalue weighted by atomic mass is 16.5. The molecule has 1 aromatic heterocycles. The third-order valence-corrected chi connectivity index (χ3v) is 7.23. The van der Waals surface area contributed by atoms with Crippen LogP contribution in [-0.4, -0.2) is 74.1 Å². The fourth-order valence-electron chi connectivity index (χ4n) is 4.93. The summed E-state index contributed by atoms with van der Waals surface area (Å²) < 4.78 is 11.3. The van der Waals surface area contributed by atoms with Crippen LogP contribution in [-0.2, 0) is 27.2 Å². The van der Waals surface area contributed by atoms with E-state index in [-0.39, 0.29) is 30.9 Å². The second-order valence-corrected chi connectivity index (χ2v) is 10.4. The van der Waals surface area contributed by atoms with Crippen LogP contribution in [0.1, 0.15) is 43.4 Å². The molecule has 1 atom stereocenters. The van der Waals surface area contributed by atoms with Gasteiger partial charge in [0, 0.05) is 50.9 Å². The van der Waals surface area contributed by atoms with Crippen LogP contribution in [0.3, 0.4) is 0 Å². The van der Waals surface area contributed by atoms with E-state index in [1.165, 1.54) is 0 Å². The van der Waals surface area contributed by atoms with Gasteiger partial charge in [0.1, 0.15) is 0 Å². The second-order valence-electron chi connectivity index (χ2n) is 10.4. The van der Waals surface area contributed by atoms with E-state index < -0.39 is 5.41 Å². The van der Waals surface area contributed by atoms with E-state index in [2.05, 4.69) is 31.2 Å². The smallest absolute Gasteiger partial charge is 0.257 e. The van der Waals surface area contributed by atoms with Gasteiger partial charge in [-0.25, -0.2) is 4.98 Å². The lowest BCUT2D eigenvalue weighted by atomic mass is 9.75. The van der Waals surface area contributed by atoms with E-state index >= 15 is 0 Å². The molecule has 1 aromatic carbocycles. The van der Waals surface area contributed by atoms with E-state index in [1.54, 1.807) is 25.7 Å². The first kappa shape index (κ1) is 28.4. The van der Waals surface area contributed by atoms with Crippen molar-refractivity contribution in [3.63, 3.8) is 0 Å². The average Bonchev–Trinajstić information content (AvgIpc) is 3.59. The zero-order chi connectivity index (χ0) is 27.5. The van der Waals surface area contributed by atoms with Crippen LogP contribution in [0.25, 0.3) is 0 Å². The summed E-state index contributed by atoms with van der Waals surface area (Å²) >= 11 is 0. The summed E-state index contributed by atoms with van der Waals surface area (Å²) in [5.41, 5.74) is 0.979. The van der Waals surface area contributed by atoms with Gasteiger partial charge < -0.3 is 35.7 Å². The quantitative estimate of drug-likeness (QED) is 0.353. The Morgan fingerprint density at radius 3 is 2.82 bits per heavy atom.